The maximum Gasteiger partial charge on any atom is 0.390 e. The number of nitrogens with zero attached hydrogens (tertiary/aromatic N) is 4. The third kappa shape index (κ3) is 4.29. The minimum atomic E-state index is -0.920. The van der Waals surface area contributed by atoms with Gasteiger partial charge in [-0.15, -0.1) is 0 Å². The van der Waals surface area contributed by atoms with Crippen LogP contribution in [-0.4, -0.2) is 101 Å². The van der Waals surface area contributed by atoms with Crippen LogP contribution in [0.1, 0.15) is 12.5 Å². The summed E-state index contributed by atoms with van der Waals surface area (Å²) in [6, 6.07) is 6.34. The molecule has 3 rings (SSSR count). The van der Waals surface area contributed by atoms with Crippen molar-refractivity contribution < 1.29 is 29.1 Å². The molecule has 0 bridgehead atoms. The Bertz CT molecular complexity index is 884. The van der Waals surface area contributed by atoms with Gasteiger partial charge in [0.05, 0.1) is 19.7 Å². The van der Waals surface area contributed by atoms with Crippen molar-refractivity contribution in [3.8, 4) is 5.75 Å². The highest BCUT2D eigenvalue weighted by Crippen LogP contribution is 2.19. The van der Waals surface area contributed by atoms with Crippen molar-refractivity contribution in [1.82, 2.24) is 15.1 Å². The molecule has 1 fully saturated rings. The predicted octanol–water partition coefficient (Wildman–Crippen LogP) is -0.756. The van der Waals surface area contributed by atoms with Crippen LogP contribution in [-0.2, 0) is 11.2 Å². The largest absolute Gasteiger partial charge is 0.491 e. The van der Waals surface area contributed by atoms with Crippen molar-refractivity contribution in [1.29, 1.82) is 0 Å². The van der Waals surface area contributed by atoms with Gasteiger partial charge in [-0.1, -0.05) is 24.0 Å². The van der Waals surface area contributed by atoms with E-state index in [1.54, 1.807) is 11.6 Å². The SMILES string of the molecule is CCc1cccc(OCC(O)C[N+]2=C(NCCO)N=C3C2C(=O)N(C)C(=O)N3C)c1. The minimum absolute atomic E-state index is 0.0256. The number of rotatable bonds is 8. The lowest BCUT2D eigenvalue weighted by molar-refractivity contribution is -0.545. The van der Waals surface area contributed by atoms with Gasteiger partial charge >= 0.3 is 12.0 Å². The Balaban J connectivity index is 1.75. The molecule has 162 valence electrons. The molecule has 2 aliphatic heterocycles. The molecule has 3 N–H and O–H groups in total. The molecular weight excluding hydrogens is 390 g/mol. The first kappa shape index (κ1) is 21.7. The number of hydrogen-bond donors (Lipinski definition) is 3. The summed E-state index contributed by atoms with van der Waals surface area (Å²) in [7, 11) is 2.96. The number of amidine groups is 1. The number of ether oxygens (including phenoxy) is 1. The standard InChI is InChI=1S/C20H27N5O5/c1-4-13-6-5-7-15(10-13)30-12-14(27)11-25-16-17(22-19(25)21-8-9-26)23(2)20(29)24(3)18(16)28/h5-7,10,14,16,26-27H,4,8-9,11-12H2,1-3H3/p+1. The number of carbonyl (C=O) groups excluding carboxylic acids is 2. The molecule has 0 aromatic heterocycles. The number of nitrogens with one attached hydrogen (secondary N) is 1. The Hall–Kier alpha value is -2.98. The van der Waals surface area contributed by atoms with Crippen molar-refractivity contribution >= 4 is 23.7 Å². The second kappa shape index (κ2) is 9.23. The fraction of sp³-hybridized carbons (Fsp3) is 0.500. The van der Waals surface area contributed by atoms with E-state index in [0.29, 0.717) is 11.7 Å². The van der Waals surface area contributed by atoms with Crippen molar-refractivity contribution in [2.75, 3.05) is 40.4 Å². The molecule has 10 nitrogen and oxygen atoms in total. The van der Waals surface area contributed by atoms with Crippen molar-refractivity contribution in [3.63, 3.8) is 0 Å². The van der Waals surface area contributed by atoms with E-state index in [0.717, 1.165) is 16.9 Å². The Morgan fingerprint density at radius 3 is 2.77 bits per heavy atom. The van der Waals surface area contributed by atoms with E-state index in [1.807, 2.05) is 24.3 Å². The van der Waals surface area contributed by atoms with E-state index in [1.165, 1.54) is 11.9 Å². The summed E-state index contributed by atoms with van der Waals surface area (Å²) in [5, 5.41) is 22.7. The van der Waals surface area contributed by atoms with E-state index < -0.39 is 24.1 Å². The number of hydrogen-bond acceptors (Lipinski definition) is 7. The van der Waals surface area contributed by atoms with E-state index in [2.05, 4.69) is 17.2 Å². The lowest BCUT2D eigenvalue weighted by Gasteiger charge is -2.32. The average Bonchev–Trinajstić information content (AvgIpc) is 3.11. The number of guanidine groups is 1. The lowest BCUT2D eigenvalue weighted by atomic mass is 10.1. The number of aliphatic hydroxyl groups is 2. The summed E-state index contributed by atoms with van der Waals surface area (Å²) in [5.41, 5.74) is 1.13. The fourth-order valence-electron chi connectivity index (χ4n) is 3.43. The smallest absolute Gasteiger partial charge is 0.390 e. The van der Waals surface area contributed by atoms with E-state index >= 15 is 0 Å². The Morgan fingerprint density at radius 1 is 1.30 bits per heavy atom. The molecule has 1 aromatic carbocycles. The molecule has 0 aliphatic carbocycles. The van der Waals surface area contributed by atoms with Gasteiger partial charge in [-0.2, -0.15) is 0 Å². The zero-order valence-corrected chi connectivity index (χ0v) is 17.4. The number of fused-ring (bicyclic) bond motifs is 1. The molecule has 0 spiro atoms. The van der Waals surface area contributed by atoms with Gasteiger partial charge in [0.2, 0.25) is 11.9 Å². The Labute approximate surface area is 175 Å². The summed E-state index contributed by atoms with van der Waals surface area (Å²) in [5.74, 6) is 0.835. The maximum absolute atomic E-state index is 12.8. The zero-order valence-electron chi connectivity index (χ0n) is 17.4. The molecule has 2 unspecified atom stereocenters. The number of aryl methyl sites for hydroxylation is 1. The first-order chi connectivity index (χ1) is 14.4. The molecule has 3 amide bonds. The summed E-state index contributed by atoms with van der Waals surface area (Å²) in [4.78, 5) is 31.7. The number of carbonyl (C=O) groups is 2. The number of β-amino-alcohol motifs (C(OH)–C–C–N with tert-alkyl or cyclic N) is 1. The van der Waals surface area contributed by atoms with Gasteiger partial charge in [0.15, 0.2) is 0 Å². The number of amides is 3. The second-order valence-corrected chi connectivity index (χ2v) is 7.20. The Morgan fingerprint density at radius 2 is 2.07 bits per heavy atom. The number of aliphatic imine (C=N–C) groups is 1. The number of aliphatic hydroxyl groups excluding tert-OH is 2. The molecule has 0 radical (unpaired) electrons. The number of imide groups is 1. The monoisotopic (exact) mass is 418 g/mol. The van der Waals surface area contributed by atoms with Gasteiger partial charge in [0, 0.05) is 14.1 Å². The highest BCUT2D eigenvalue weighted by Gasteiger charge is 2.51. The highest BCUT2D eigenvalue weighted by molar-refractivity contribution is 6.22. The molecule has 30 heavy (non-hydrogen) atoms. The van der Waals surface area contributed by atoms with Gasteiger partial charge in [-0.25, -0.2) is 9.37 Å². The van der Waals surface area contributed by atoms with Crippen LogP contribution in [0.25, 0.3) is 0 Å². The molecule has 0 saturated carbocycles. The van der Waals surface area contributed by atoms with E-state index in [9.17, 15) is 14.7 Å². The Kier molecular flexibility index (Phi) is 6.68. The van der Waals surface area contributed by atoms with Crippen LogP contribution in [0.3, 0.4) is 0 Å². The summed E-state index contributed by atoms with van der Waals surface area (Å²) >= 11 is 0. The highest BCUT2D eigenvalue weighted by atomic mass is 16.5. The zero-order chi connectivity index (χ0) is 21.8. The molecule has 1 saturated heterocycles. The summed E-state index contributed by atoms with van der Waals surface area (Å²) in [6.07, 6.45) is -0.0386. The molecule has 10 heteroatoms. The van der Waals surface area contributed by atoms with Crippen LogP contribution in [0, 0.1) is 0 Å². The molecule has 2 atom stereocenters. The van der Waals surface area contributed by atoms with Crippen molar-refractivity contribution in [3.05, 3.63) is 29.8 Å². The predicted molar refractivity (Wildman–Crippen MR) is 110 cm³/mol. The van der Waals surface area contributed by atoms with Crippen LogP contribution in [0.15, 0.2) is 29.3 Å². The topological polar surface area (TPSA) is 118 Å². The van der Waals surface area contributed by atoms with Gasteiger partial charge in [0.1, 0.15) is 18.5 Å². The minimum Gasteiger partial charge on any atom is -0.491 e. The van der Waals surface area contributed by atoms with Crippen molar-refractivity contribution in [2.45, 2.75) is 25.5 Å². The van der Waals surface area contributed by atoms with Crippen molar-refractivity contribution in [2.24, 2.45) is 4.99 Å². The van der Waals surface area contributed by atoms with Crippen LogP contribution in [0.2, 0.25) is 0 Å². The quantitative estimate of drug-likeness (QED) is 0.478. The number of urea groups is 1. The molecular formula is C20H28N5O5+. The van der Waals surface area contributed by atoms with Gasteiger partial charge in [-0.3, -0.25) is 19.9 Å². The van der Waals surface area contributed by atoms with E-state index in [-0.39, 0.29) is 32.1 Å². The fourth-order valence-corrected chi connectivity index (χ4v) is 3.43. The summed E-state index contributed by atoms with van der Waals surface area (Å²) < 4.78 is 7.32. The molecule has 2 heterocycles. The first-order valence-corrected chi connectivity index (χ1v) is 9.89. The number of benzene rings is 1. The van der Waals surface area contributed by atoms with Gasteiger partial charge in [-0.05, 0) is 24.1 Å². The molecule has 2 aliphatic rings. The van der Waals surface area contributed by atoms with Crippen LogP contribution >= 0.6 is 0 Å². The third-order valence-electron chi connectivity index (χ3n) is 5.08. The maximum atomic E-state index is 12.8. The van der Waals surface area contributed by atoms with E-state index in [4.69, 9.17) is 9.84 Å². The average molecular weight is 418 g/mol. The normalized spacial score (nSPS) is 19.8. The summed E-state index contributed by atoms with van der Waals surface area (Å²) in [6.45, 7) is 2.22. The van der Waals surface area contributed by atoms with Gasteiger partial charge < -0.3 is 14.9 Å². The first-order valence-electron chi connectivity index (χ1n) is 9.89. The van der Waals surface area contributed by atoms with Crippen LogP contribution < -0.4 is 10.1 Å². The lowest BCUT2D eigenvalue weighted by Crippen LogP contribution is -2.62. The third-order valence-corrected chi connectivity index (χ3v) is 5.08. The van der Waals surface area contributed by atoms with Crippen LogP contribution in [0.4, 0.5) is 4.79 Å². The van der Waals surface area contributed by atoms with Gasteiger partial charge in [0.25, 0.3) is 5.91 Å². The molecule has 1 aromatic rings. The van der Waals surface area contributed by atoms with Crippen LogP contribution in [0.5, 0.6) is 5.75 Å². The number of likely N-dealkylation sites (N-methyl/N-ethyl adjacent to an activating group) is 2. The second-order valence-electron chi connectivity index (χ2n) is 7.20.